The van der Waals surface area contributed by atoms with Crippen molar-refractivity contribution in [3.8, 4) is 0 Å². The van der Waals surface area contributed by atoms with Crippen LogP contribution in [0.1, 0.15) is 23.2 Å². The number of nitrogens with one attached hydrogen (secondary N) is 1. The Morgan fingerprint density at radius 2 is 1.88 bits per heavy atom. The Morgan fingerprint density at radius 1 is 1.25 bits per heavy atom. The summed E-state index contributed by atoms with van der Waals surface area (Å²) < 4.78 is 13.4. The minimum absolute atomic E-state index is 0. The lowest BCUT2D eigenvalue weighted by atomic mass is 9.89. The Balaban J connectivity index is 0.00000128. The average molecular weight is 244 g/mol. The van der Waals surface area contributed by atoms with Crippen LogP contribution in [0.3, 0.4) is 0 Å². The van der Waals surface area contributed by atoms with E-state index in [9.17, 15) is 9.18 Å². The summed E-state index contributed by atoms with van der Waals surface area (Å²) in [6, 6.07) is 6.22. The fourth-order valence-electron chi connectivity index (χ4n) is 1.97. The minimum atomic E-state index is -0.402. The van der Waals surface area contributed by atoms with Gasteiger partial charge in [-0.25, -0.2) is 4.39 Å². The third-order valence-electron chi connectivity index (χ3n) is 2.85. The van der Waals surface area contributed by atoms with E-state index in [1.54, 1.807) is 18.2 Å². The third kappa shape index (κ3) is 2.80. The van der Waals surface area contributed by atoms with Crippen molar-refractivity contribution in [2.45, 2.75) is 12.8 Å². The summed E-state index contributed by atoms with van der Waals surface area (Å²) in [7, 11) is 0. The number of benzene rings is 1. The number of carbonyl (C=O) groups excluding carboxylic acids is 1. The Morgan fingerprint density at radius 3 is 2.50 bits per heavy atom. The van der Waals surface area contributed by atoms with Crippen molar-refractivity contribution in [1.29, 1.82) is 0 Å². The van der Waals surface area contributed by atoms with E-state index in [-0.39, 0.29) is 29.7 Å². The van der Waals surface area contributed by atoms with Crippen molar-refractivity contribution >= 4 is 18.2 Å². The van der Waals surface area contributed by atoms with Crippen LogP contribution in [-0.4, -0.2) is 18.9 Å². The van der Waals surface area contributed by atoms with Crippen molar-refractivity contribution in [3.63, 3.8) is 0 Å². The lowest BCUT2D eigenvalue weighted by Crippen LogP contribution is -2.32. The maximum atomic E-state index is 13.4. The van der Waals surface area contributed by atoms with Crippen LogP contribution >= 0.6 is 12.4 Å². The van der Waals surface area contributed by atoms with Gasteiger partial charge in [-0.3, -0.25) is 4.79 Å². The second kappa shape index (κ2) is 5.97. The van der Waals surface area contributed by atoms with Gasteiger partial charge in [-0.2, -0.15) is 0 Å². The van der Waals surface area contributed by atoms with Crippen LogP contribution in [0.15, 0.2) is 24.3 Å². The molecule has 4 heteroatoms. The lowest BCUT2D eigenvalue weighted by molar-refractivity contribution is 0.0891. The number of ketones is 1. The number of piperidine rings is 1. The first kappa shape index (κ1) is 13.1. The number of hydrogen-bond donors (Lipinski definition) is 1. The number of halogens is 2. The smallest absolute Gasteiger partial charge is 0.168 e. The van der Waals surface area contributed by atoms with Gasteiger partial charge in [0.25, 0.3) is 0 Å². The van der Waals surface area contributed by atoms with Crippen LogP contribution in [0, 0.1) is 11.7 Å². The van der Waals surface area contributed by atoms with Gasteiger partial charge < -0.3 is 5.32 Å². The standard InChI is InChI=1S/C12H14FNO.ClH/c13-11-4-2-1-3-10(11)12(15)9-5-7-14-8-6-9;/h1-4,9,14H,5-8H2;1H. The second-order valence-corrected chi connectivity index (χ2v) is 3.87. The normalized spacial score (nSPS) is 16.6. The summed E-state index contributed by atoms with van der Waals surface area (Å²) in [5, 5.41) is 3.19. The van der Waals surface area contributed by atoms with E-state index in [2.05, 4.69) is 5.32 Å². The molecule has 1 fully saturated rings. The van der Waals surface area contributed by atoms with Gasteiger partial charge in [0.15, 0.2) is 5.78 Å². The van der Waals surface area contributed by atoms with Crippen LogP contribution < -0.4 is 5.32 Å². The van der Waals surface area contributed by atoms with E-state index >= 15 is 0 Å². The molecule has 1 heterocycles. The fourth-order valence-corrected chi connectivity index (χ4v) is 1.97. The van der Waals surface area contributed by atoms with Crippen LogP contribution in [0.4, 0.5) is 4.39 Å². The molecule has 0 atom stereocenters. The number of rotatable bonds is 2. The van der Waals surface area contributed by atoms with Gasteiger partial charge in [0.05, 0.1) is 5.56 Å². The maximum Gasteiger partial charge on any atom is 0.168 e. The molecule has 0 bridgehead atoms. The van der Waals surface area contributed by atoms with Crippen LogP contribution in [-0.2, 0) is 0 Å². The first-order valence-electron chi connectivity index (χ1n) is 5.28. The Labute approximate surface area is 101 Å². The molecular weight excluding hydrogens is 229 g/mol. The SMILES string of the molecule is Cl.O=C(c1ccccc1F)C1CCNCC1. The summed E-state index contributed by atoms with van der Waals surface area (Å²) in [5.41, 5.74) is 0.240. The van der Waals surface area contributed by atoms with Gasteiger partial charge in [0, 0.05) is 5.92 Å². The molecule has 16 heavy (non-hydrogen) atoms. The van der Waals surface area contributed by atoms with Crippen molar-refractivity contribution < 1.29 is 9.18 Å². The molecule has 1 saturated heterocycles. The first-order valence-corrected chi connectivity index (χ1v) is 5.28. The molecule has 0 unspecified atom stereocenters. The van der Waals surface area contributed by atoms with Crippen LogP contribution in [0.25, 0.3) is 0 Å². The first-order chi connectivity index (χ1) is 7.29. The molecule has 0 saturated carbocycles. The highest BCUT2D eigenvalue weighted by molar-refractivity contribution is 5.98. The molecule has 88 valence electrons. The zero-order chi connectivity index (χ0) is 10.7. The zero-order valence-electron chi connectivity index (χ0n) is 8.91. The van der Waals surface area contributed by atoms with E-state index in [1.807, 2.05) is 0 Å². The Hall–Kier alpha value is -0.930. The molecule has 0 amide bonds. The summed E-state index contributed by atoms with van der Waals surface area (Å²) in [6.07, 6.45) is 1.63. The summed E-state index contributed by atoms with van der Waals surface area (Å²) in [6.45, 7) is 1.70. The van der Waals surface area contributed by atoms with Crippen LogP contribution in [0.2, 0.25) is 0 Å². The minimum Gasteiger partial charge on any atom is -0.317 e. The molecular formula is C12H15ClFNO. The number of hydrogen-bond acceptors (Lipinski definition) is 2. The Bertz CT molecular complexity index is 364. The van der Waals surface area contributed by atoms with Crippen molar-refractivity contribution in [2.75, 3.05) is 13.1 Å². The van der Waals surface area contributed by atoms with E-state index in [0.29, 0.717) is 0 Å². The fraction of sp³-hybridized carbons (Fsp3) is 0.417. The summed E-state index contributed by atoms with van der Waals surface area (Å²) >= 11 is 0. The van der Waals surface area contributed by atoms with E-state index in [1.165, 1.54) is 6.07 Å². The average Bonchev–Trinajstić information content (AvgIpc) is 2.30. The topological polar surface area (TPSA) is 29.1 Å². The van der Waals surface area contributed by atoms with Crippen molar-refractivity contribution in [2.24, 2.45) is 5.92 Å². The third-order valence-corrected chi connectivity index (χ3v) is 2.85. The van der Waals surface area contributed by atoms with E-state index < -0.39 is 5.82 Å². The molecule has 0 aromatic heterocycles. The molecule has 2 nitrogen and oxygen atoms in total. The largest absolute Gasteiger partial charge is 0.317 e. The molecule has 1 aliphatic rings. The quantitative estimate of drug-likeness (QED) is 0.809. The molecule has 0 spiro atoms. The van der Waals surface area contributed by atoms with Crippen LogP contribution in [0.5, 0.6) is 0 Å². The van der Waals surface area contributed by atoms with Gasteiger partial charge in [-0.1, -0.05) is 12.1 Å². The highest BCUT2D eigenvalue weighted by Crippen LogP contribution is 2.19. The maximum absolute atomic E-state index is 13.4. The predicted octanol–water partition coefficient (Wildman–Crippen LogP) is 2.43. The molecule has 0 aliphatic carbocycles. The molecule has 1 aromatic carbocycles. The highest BCUT2D eigenvalue weighted by atomic mass is 35.5. The van der Waals surface area contributed by atoms with Gasteiger partial charge >= 0.3 is 0 Å². The second-order valence-electron chi connectivity index (χ2n) is 3.87. The van der Waals surface area contributed by atoms with Gasteiger partial charge in [-0.15, -0.1) is 12.4 Å². The van der Waals surface area contributed by atoms with Gasteiger partial charge in [-0.05, 0) is 38.1 Å². The van der Waals surface area contributed by atoms with Gasteiger partial charge in [0.2, 0.25) is 0 Å². The van der Waals surface area contributed by atoms with Crippen molar-refractivity contribution in [1.82, 2.24) is 5.32 Å². The lowest BCUT2D eigenvalue weighted by Gasteiger charge is -2.21. The molecule has 1 N–H and O–H groups in total. The highest BCUT2D eigenvalue weighted by Gasteiger charge is 2.23. The van der Waals surface area contributed by atoms with E-state index in [0.717, 1.165) is 25.9 Å². The molecule has 1 aromatic rings. The molecule has 2 rings (SSSR count). The number of carbonyl (C=O) groups is 1. The molecule has 1 aliphatic heterocycles. The monoisotopic (exact) mass is 243 g/mol. The number of Topliss-reactive ketones (excluding diaryl/α,β-unsaturated/α-hetero) is 1. The summed E-state index contributed by atoms with van der Waals surface area (Å²) in [4.78, 5) is 12.0. The van der Waals surface area contributed by atoms with Gasteiger partial charge in [0.1, 0.15) is 5.82 Å². The predicted molar refractivity (Wildman–Crippen MR) is 63.6 cm³/mol. The van der Waals surface area contributed by atoms with Crippen molar-refractivity contribution in [3.05, 3.63) is 35.6 Å². The zero-order valence-corrected chi connectivity index (χ0v) is 9.73. The van der Waals surface area contributed by atoms with E-state index in [4.69, 9.17) is 0 Å². The summed E-state index contributed by atoms with van der Waals surface area (Å²) in [5.74, 6) is -0.459. The molecule has 0 radical (unpaired) electrons. The Kier molecular flexibility index (Phi) is 4.90.